The van der Waals surface area contributed by atoms with Crippen molar-refractivity contribution in [3.8, 4) is 22.8 Å². The first-order valence-electron chi connectivity index (χ1n) is 7.96. The fraction of sp³-hybridized carbons (Fsp3) is 0.200. The minimum Gasteiger partial charge on any atom is -0.546 e. The van der Waals surface area contributed by atoms with E-state index in [0.29, 0.717) is 22.3 Å². The van der Waals surface area contributed by atoms with Crippen LogP contribution in [-0.4, -0.2) is 19.7 Å². The van der Waals surface area contributed by atoms with Gasteiger partial charge in [-0.1, -0.05) is 6.07 Å². The molecule has 134 valence electrons. The molecule has 0 N–H and O–H groups in total. The minimum atomic E-state index is -1.43. The highest BCUT2D eigenvalue weighted by atomic mass is 16.5. The van der Waals surface area contributed by atoms with Crippen LogP contribution in [-0.2, 0) is 4.79 Å². The van der Waals surface area contributed by atoms with E-state index in [0.717, 1.165) is 11.1 Å². The summed E-state index contributed by atoms with van der Waals surface area (Å²) in [4.78, 5) is 23.7. The fourth-order valence-corrected chi connectivity index (χ4v) is 2.83. The molecule has 0 aliphatic heterocycles. The molecule has 26 heavy (non-hydrogen) atoms. The van der Waals surface area contributed by atoms with Crippen molar-refractivity contribution in [1.29, 1.82) is 0 Å². The molecule has 0 saturated carbocycles. The number of methoxy groups -OCH3 is 1. The van der Waals surface area contributed by atoms with Crippen LogP contribution in [0.15, 0.2) is 45.6 Å². The number of hydrogen-bond donors (Lipinski definition) is 0. The molecule has 6 heteroatoms. The van der Waals surface area contributed by atoms with E-state index < -0.39 is 18.0 Å². The number of aliphatic carboxylic acids is 1. The van der Waals surface area contributed by atoms with Gasteiger partial charge in [-0.3, -0.25) is 4.79 Å². The molecule has 0 unspecified atom stereocenters. The summed E-state index contributed by atoms with van der Waals surface area (Å²) in [6, 6.07) is 10.4. The Morgan fingerprint density at radius 1 is 1.15 bits per heavy atom. The highest BCUT2D eigenvalue weighted by molar-refractivity contribution is 5.85. The molecule has 0 amide bonds. The molecule has 0 aliphatic carbocycles. The molecule has 0 fully saturated rings. The van der Waals surface area contributed by atoms with E-state index in [9.17, 15) is 14.7 Å². The van der Waals surface area contributed by atoms with E-state index >= 15 is 0 Å². The Hall–Kier alpha value is -3.28. The largest absolute Gasteiger partial charge is 0.546 e. The summed E-state index contributed by atoms with van der Waals surface area (Å²) in [5, 5.41) is 11.1. The third-order valence-electron chi connectivity index (χ3n) is 3.97. The number of hydrogen-bond acceptors (Lipinski definition) is 6. The van der Waals surface area contributed by atoms with Gasteiger partial charge >= 0.3 is 0 Å². The smallest absolute Gasteiger partial charge is 0.235 e. The molecule has 0 atom stereocenters. The minimum absolute atomic E-state index is 0.156. The van der Waals surface area contributed by atoms with Gasteiger partial charge in [0.2, 0.25) is 11.2 Å². The predicted octanol–water partition coefficient (Wildman–Crippen LogP) is 2.21. The van der Waals surface area contributed by atoms with Crippen molar-refractivity contribution in [2.45, 2.75) is 13.8 Å². The van der Waals surface area contributed by atoms with E-state index in [-0.39, 0.29) is 11.5 Å². The quantitative estimate of drug-likeness (QED) is 0.699. The van der Waals surface area contributed by atoms with Crippen molar-refractivity contribution in [3.63, 3.8) is 0 Å². The number of carboxylic acids is 1. The monoisotopic (exact) mass is 353 g/mol. The molecule has 0 saturated heterocycles. The molecule has 2 aromatic carbocycles. The topological polar surface area (TPSA) is 88.8 Å². The number of rotatable bonds is 5. The van der Waals surface area contributed by atoms with Crippen LogP contribution in [0, 0.1) is 13.8 Å². The molecule has 6 nitrogen and oxygen atoms in total. The SMILES string of the molecule is COc1ccc(-c2oc3c(C)cc(C)cc3c(=O)c2OCC(=O)[O-])cc1. The lowest BCUT2D eigenvalue weighted by Gasteiger charge is -2.13. The number of carboxylic acid groups (broad SMARTS) is 1. The normalized spacial score (nSPS) is 10.7. The summed E-state index contributed by atoms with van der Waals surface area (Å²) in [6.07, 6.45) is 0. The van der Waals surface area contributed by atoms with Gasteiger partial charge < -0.3 is 23.8 Å². The molecular weight excluding hydrogens is 336 g/mol. The maximum absolute atomic E-state index is 12.9. The second kappa shape index (κ2) is 6.92. The van der Waals surface area contributed by atoms with Gasteiger partial charge in [-0.2, -0.15) is 0 Å². The molecule has 0 spiro atoms. The van der Waals surface area contributed by atoms with Gasteiger partial charge in [0.1, 0.15) is 17.9 Å². The molecule has 1 heterocycles. The van der Waals surface area contributed by atoms with E-state index in [1.54, 1.807) is 37.4 Å². The average molecular weight is 353 g/mol. The lowest BCUT2D eigenvalue weighted by atomic mass is 10.1. The standard InChI is InChI=1S/C20H18O6/c1-11-8-12(2)18-15(9-11)17(23)20(25-10-16(21)22)19(26-18)13-4-6-14(24-3)7-5-13/h4-9H,10H2,1-3H3,(H,21,22)/p-1. The number of aryl methyl sites for hydroxylation is 2. The second-order valence-corrected chi connectivity index (χ2v) is 5.94. The fourth-order valence-electron chi connectivity index (χ4n) is 2.83. The van der Waals surface area contributed by atoms with Gasteiger partial charge in [-0.25, -0.2) is 0 Å². The number of carbonyl (C=O) groups is 1. The number of benzene rings is 2. The number of carbonyl (C=O) groups excluding carboxylic acids is 1. The lowest BCUT2D eigenvalue weighted by Crippen LogP contribution is -2.30. The summed E-state index contributed by atoms with van der Waals surface area (Å²) >= 11 is 0. The summed E-state index contributed by atoms with van der Waals surface area (Å²) in [7, 11) is 1.55. The van der Waals surface area contributed by atoms with Gasteiger partial charge in [0.05, 0.1) is 18.5 Å². The zero-order chi connectivity index (χ0) is 18.8. The average Bonchev–Trinajstić information content (AvgIpc) is 2.61. The zero-order valence-electron chi connectivity index (χ0n) is 14.6. The maximum atomic E-state index is 12.9. The lowest BCUT2D eigenvalue weighted by molar-refractivity contribution is -0.307. The van der Waals surface area contributed by atoms with Gasteiger partial charge in [0.15, 0.2) is 5.76 Å². The zero-order valence-corrected chi connectivity index (χ0v) is 14.6. The first-order valence-corrected chi connectivity index (χ1v) is 7.96. The van der Waals surface area contributed by atoms with Crippen LogP contribution in [0.4, 0.5) is 0 Å². The van der Waals surface area contributed by atoms with Crippen LogP contribution in [0.5, 0.6) is 11.5 Å². The van der Waals surface area contributed by atoms with Crippen LogP contribution in [0.1, 0.15) is 11.1 Å². The Morgan fingerprint density at radius 3 is 2.46 bits per heavy atom. The van der Waals surface area contributed by atoms with Crippen LogP contribution >= 0.6 is 0 Å². The first kappa shape index (κ1) is 17.5. The van der Waals surface area contributed by atoms with Crippen LogP contribution in [0.25, 0.3) is 22.3 Å². The van der Waals surface area contributed by atoms with Crippen molar-refractivity contribution in [3.05, 3.63) is 57.7 Å². The van der Waals surface area contributed by atoms with E-state index in [4.69, 9.17) is 13.9 Å². The van der Waals surface area contributed by atoms with Gasteiger partial charge in [0, 0.05) is 5.56 Å². The van der Waals surface area contributed by atoms with Gasteiger partial charge in [-0.05, 0) is 55.3 Å². The molecule has 0 bridgehead atoms. The highest BCUT2D eigenvalue weighted by Crippen LogP contribution is 2.33. The Labute approximate surface area is 149 Å². The van der Waals surface area contributed by atoms with E-state index in [1.807, 2.05) is 19.9 Å². The van der Waals surface area contributed by atoms with Crippen molar-refractivity contribution < 1.29 is 23.8 Å². The molecular formula is C20H17O6-. The molecule has 3 aromatic rings. The molecule has 3 rings (SSSR count). The van der Waals surface area contributed by atoms with Crippen LogP contribution in [0.2, 0.25) is 0 Å². The van der Waals surface area contributed by atoms with Crippen LogP contribution < -0.4 is 20.0 Å². The third kappa shape index (κ3) is 3.26. The Morgan fingerprint density at radius 2 is 1.85 bits per heavy atom. The van der Waals surface area contributed by atoms with Gasteiger partial charge in [0.25, 0.3) is 0 Å². The van der Waals surface area contributed by atoms with Crippen molar-refractivity contribution in [2.75, 3.05) is 13.7 Å². The highest BCUT2D eigenvalue weighted by Gasteiger charge is 2.19. The Kier molecular flexibility index (Phi) is 4.67. The number of fused-ring (bicyclic) bond motifs is 1. The maximum Gasteiger partial charge on any atom is 0.235 e. The Bertz CT molecular complexity index is 1030. The first-order chi connectivity index (χ1) is 12.4. The second-order valence-electron chi connectivity index (χ2n) is 5.94. The third-order valence-corrected chi connectivity index (χ3v) is 3.97. The van der Waals surface area contributed by atoms with Crippen molar-refractivity contribution >= 4 is 16.9 Å². The number of ether oxygens (including phenoxy) is 2. The van der Waals surface area contributed by atoms with Crippen LogP contribution in [0.3, 0.4) is 0 Å². The van der Waals surface area contributed by atoms with E-state index in [1.165, 1.54) is 0 Å². The molecule has 0 radical (unpaired) electrons. The summed E-state index contributed by atoms with van der Waals surface area (Å²) in [6.45, 7) is 2.97. The van der Waals surface area contributed by atoms with Crippen molar-refractivity contribution in [2.24, 2.45) is 0 Å². The predicted molar refractivity (Wildman–Crippen MR) is 94.4 cm³/mol. The summed E-state index contributed by atoms with van der Waals surface area (Å²) < 4.78 is 16.3. The molecule has 0 aliphatic rings. The summed E-state index contributed by atoms with van der Waals surface area (Å²) in [5.41, 5.74) is 2.28. The van der Waals surface area contributed by atoms with Gasteiger partial charge in [-0.15, -0.1) is 0 Å². The summed E-state index contributed by atoms with van der Waals surface area (Å²) in [5.74, 6) is -0.776. The Balaban J connectivity index is 2.28. The van der Waals surface area contributed by atoms with E-state index in [2.05, 4.69) is 0 Å². The molecule has 1 aromatic heterocycles. The van der Waals surface area contributed by atoms with Crippen molar-refractivity contribution in [1.82, 2.24) is 0 Å².